The number of thiazole rings is 1. The molecule has 1 N–H and O–H groups in total. The molecule has 3 rings (SSSR count). The number of aromatic nitrogens is 1. The second-order valence-corrected chi connectivity index (χ2v) is 6.61. The highest BCUT2D eigenvalue weighted by atomic mass is 79.9. The van der Waals surface area contributed by atoms with Crippen molar-refractivity contribution >= 4 is 27.3 Å². The summed E-state index contributed by atoms with van der Waals surface area (Å²) < 4.78 is 1.08. The van der Waals surface area contributed by atoms with Crippen LogP contribution in [0.4, 0.5) is 0 Å². The molecule has 0 saturated heterocycles. The lowest BCUT2D eigenvalue weighted by Gasteiger charge is -2.00. The molecule has 3 aromatic rings. The van der Waals surface area contributed by atoms with Crippen LogP contribution in [0.25, 0.3) is 21.0 Å². The molecular formula is C17H15BrN2S. The van der Waals surface area contributed by atoms with E-state index in [2.05, 4.69) is 69.8 Å². The fraction of sp³-hybridized carbons (Fsp3) is 0.118. The Morgan fingerprint density at radius 2 is 1.71 bits per heavy atom. The van der Waals surface area contributed by atoms with Gasteiger partial charge in [0.05, 0.1) is 10.6 Å². The van der Waals surface area contributed by atoms with Gasteiger partial charge in [0.25, 0.3) is 0 Å². The summed E-state index contributed by atoms with van der Waals surface area (Å²) in [5, 5.41) is 4.27. The van der Waals surface area contributed by atoms with E-state index in [-0.39, 0.29) is 0 Å². The van der Waals surface area contributed by atoms with E-state index < -0.39 is 0 Å². The molecule has 4 heteroatoms. The maximum absolute atomic E-state index is 4.82. The minimum absolute atomic E-state index is 0.775. The second kappa shape index (κ2) is 6.52. The minimum Gasteiger partial charge on any atom is -0.314 e. The van der Waals surface area contributed by atoms with Crippen LogP contribution in [0.1, 0.15) is 5.69 Å². The monoisotopic (exact) mass is 358 g/mol. The summed E-state index contributed by atoms with van der Waals surface area (Å²) in [4.78, 5) is 6.06. The molecule has 0 atom stereocenters. The molecule has 0 saturated carbocycles. The summed E-state index contributed by atoms with van der Waals surface area (Å²) in [7, 11) is 1.95. The maximum atomic E-state index is 4.82. The van der Waals surface area contributed by atoms with Crippen molar-refractivity contribution < 1.29 is 0 Å². The normalized spacial score (nSPS) is 10.8. The van der Waals surface area contributed by atoms with Crippen molar-refractivity contribution in [1.29, 1.82) is 0 Å². The van der Waals surface area contributed by atoms with Crippen LogP contribution in [0.3, 0.4) is 0 Å². The Bertz CT molecular complexity index is 720. The topological polar surface area (TPSA) is 24.9 Å². The molecule has 2 aromatic carbocycles. The number of hydrogen-bond acceptors (Lipinski definition) is 3. The fourth-order valence-corrected chi connectivity index (χ4v) is 3.53. The average molecular weight is 359 g/mol. The maximum Gasteiger partial charge on any atom is 0.124 e. The van der Waals surface area contributed by atoms with Gasteiger partial charge < -0.3 is 5.32 Å². The van der Waals surface area contributed by atoms with Gasteiger partial charge in [-0.2, -0.15) is 0 Å². The fourth-order valence-electron chi connectivity index (χ4n) is 2.17. The van der Waals surface area contributed by atoms with E-state index in [4.69, 9.17) is 4.98 Å². The van der Waals surface area contributed by atoms with Crippen molar-refractivity contribution in [2.75, 3.05) is 7.05 Å². The predicted molar refractivity (Wildman–Crippen MR) is 93.4 cm³/mol. The Hall–Kier alpha value is -1.49. The van der Waals surface area contributed by atoms with Crippen LogP contribution in [0, 0.1) is 0 Å². The lowest BCUT2D eigenvalue weighted by molar-refractivity contribution is 0.799. The Balaban J connectivity index is 2.06. The first-order valence-electron chi connectivity index (χ1n) is 6.73. The van der Waals surface area contributed by atoms with Crippen LogP contribution in [0.5, 0.6) is 0 Å². The molecule has 0 radical (unpaired) electrons. The molecule has 106 valence electrons. The molecule has 2 nitrogen and oxygen atoms in total. The van der Waals surface area contributed by atoms with E-state index in [1.807, 2.05) is 13.1 Å². The molecule has 0 amide bonds. The molecule has 0 aliphatic carbocycles. The third-order valence-electron chi connectivity index (χ3n) is 3.17. The van der Waals surface area contributed by atoms with Gasteiger partial charge in [-0.05, 0) is 24.7 Å². The Morgan fingerprint density at radius 1 is 1.00 bits per heavy atom. The quantitative estimate of drug-likeness (QED) is 0.712. The van der Waals surface area contributed by atoms with Crippen LogP contribution in [-0.2, 0) is 6.54 Å². The molecular weight excluding hydrogens is 344 g/mol. The third-order valence-corrected chi connectivity index (χ3v) is 4.89. The highest BCUT2D eigenvalue weighted by Gasteiger charge is 2.13. The van der Waals surface area contributed by atoms with E-state index in [9.17, 15) is 0 Å². The summed E-state index contributed by atoms with van der Waals surface area (Å²) in [6, 6.07) is 18.7. The summed E-state index contributed by atoms with van der Waals surface area (Å²) >= 11 is 5.22. The zero-order valence-electron chi connectivity index (χ0n) is 11.6. The summed E-state index contributed by atoms with van der Waals surface area (Å²) in [5.41, 5.74) is 3.48. The Labute approximate surface area is 137 Å². The number of hydrogen-bond donors (Lipinski definition) is 1. The molecule has 0 aliphatic rings. The summed E-state index contributed by atoms with van der Waals surface area (Å²) in [5.74, 6) is 0. The molecule has 1 heterocycles. The van der Waals surface area contributed by atoms with Gasteiger partial charge in [0.2, 0.25) is 0 Å². The molecule has 0 unspecified atom stereocenters. The lowest BCUT2D eigenvalue weighted by atomic mass is 10.1. The van der Waals surface area contributed by atoms with E-state index >= 15 is 0 Å². The highest BCUT2D eigenvalue weighted by molar-refractivity contribution is 9.10. The summed E-state index contributed by atoms with van der Waals surface area (Å²) in [6.45, 7) is 0.775. The van der Waals surface area contributed by atoms with Crippen LogP contribution >= 0.6 is 27.3 Å². The van der Waals surface area contributed by atoms with E-state index in [0.29, 0.717) is 0 Å². The van der Waals surface area contributed by atoms with Gasteiger partial charge in [-0.1, -0.05) is 58.4 Å². The first-order chi connectivity index (χ1) is 10.3. The third kappa shape index (κ3) is 3.23. The molecule has 1 aromatic heterocycles. The second-order valence-electron chi connectivity index (χ2n) is 4.70. The number of halogens is 1. The molecule has 0 bridgehead atoms. The van der Waals surface area contributed by atoms with Gasteiger partial charge >= 0.3 is 0 Å². The van der Waals surface area contributed by atoms with Gasteiger partial charge in [0, 0.05) is 16.6 Å². The molecule has 21 heavy (non-hydrogen) atoms. The number of rotatable bonds is 4. The first-order valence-corrected chi connectivity index (χ1v) is 8.34. The number of nitrogens with zero attached hydrogens (tertiary/aromatic N) is 1. The minimum atomic E-state index is 0.775. The molecule has 0 aliphatic heterocycles. The number of nitrogens with one attached hydrogen (secondary N) is 1. The van der Waals surface area contributed by atoms with E-state index in [1.54, 1.807) is 11.3 Å². The Morgan fingerprint density at radius 3 is 2.38 bits per heavy atom. The van der Waals surface area contributed by atoms with E-state index in [0.717, 1.165) is 27.3 Å². The van der Waals surface area contributed by atoms with Gasteiger partial charge in [0.1, 0.15) is 5.01 Å². The first kappa shape index (κ1) is 14.4. The SMILES string of the molecule is CNCc1nc(-c2ccc(Br)cc2)sc1-c1ccccc1. The van der Waals surface area contributed by atoms with Crippen molar-refractivity contribution in [3.8, 4) is 21.0 Å². The van der Waals surface area contributed by atoms with E-state index in [1.165, 1.54) is 10.4 Å². The Kier molecular flexibility index (Phi) is 4.48. The van der Waals surface area contributed by atoms with Crippen LogP contribution in [-0.4, -0.2) is 12.0 Å². The number of benzene rings is 2. The zero-order chi connectivity index (χ0) is 14.7. The van der Waals surface area contributed by atoms with Crippen molar-refractivity contribution in [3.63, 3.8) is 0 Å². The van der Waals surface area contributed by atoms with Crippen LogP contribution < -0.4 is 5.32 Å². The van der Waals surface area contributed by atoms with Crippen molar-refractivity contribution in [1.82, 2.24) is 10.3 Å². The highest BCUT2D eigenvalue weighted by Crippen LogP contribution is 2.35. The lowest BCUT2D eigenvalue weighted by Crippen LogP contribution is -2.06. The van der Waals surface area contributed by atoms with Crippen LogP contribution in [0.2, 0.25) is 0 Å². The largest absolute Gasteiger partial charge is 0.314 e. The molecule has 0 fully saturated rings. The van der Waals surface area contributed by atoms with Gasteiger partial charge in [-0.15, -0.1) is 11.3 Å². The molecule has 0 spiro atoms. The van der Waals surface area contributed by atoms with Gasteiger partial charge in [-0.3, -0.25) is 0 Å². The van der Waals surface area contributed by atoms with Gasteiger partial charge in [-0.25, -0.2) is 4.98 Å². The smallest absolute Gasteiger partial charge is 0.124 e. The predicted octanol–water partition coefficient (Wildman–Crippen LogP) is 4.96. The standard InChI is InChI=1S/C17H15BrN2S/c1-19-11-15-16(12-5-3-2-4-6-12)21-17(20-15)13-7-9-14(18)10-8-13/h2-10,19H,11H2,1H3. The van der Waals surface area contributed by atoms with Gasteiger partial charge in [0.15, 0.2) is 0 Å². The van der Waals surface area contributed by atoms with Crippen molar-refractivity contribution in [2.45, 2.75) is 6.54 Å². The van der Waals surface area contributed by atoms with Crippen molar-refractivity contribution in [2.24, 2.45) is 0 Å². The average Bonchev–Trinajstić information content (AvgIpc) is 2.93. The zero-order valence-corrected chi connectivity index (χ0v) is 14.0. The van der Waals surface area contributed by atoms with Crippen molar-refractivity contribution in [3.05, 3.63) is 64.8 Å². The summed E-state index contributed by atoms with van der Waals surface area (Å²) in [6.07, 6.45) is 0. The van der Waals surface area contributed by atoms with Crippen LogP contribution in [0.15, 0.2) is 59.1 Å².